The summed E-state index contributed by atoms with van der Waals surface area (Å²) < 4.78 is 5.54. The molecule has 1 aromatic heterocycles. The number of thioether (sulfide) groups is 1. The van der Waals surface area contributed by atoms with Crippen molar-refractivity contribution in [2.45, 2.75) is 4.34 Å². The summed E-state index contributed by atoms with van der Waals surface area (Å²) in [6, 6.07) is 0. The van der Waals surface area contributed by atoms with E-state index in [2.05, 4.69) is 10.2 Å². The van der Waals surface area contributed by atoms with Crippen LogP contribution in [0.25, 0.3) is 0 Å². The van der Waals surface area contributed by atoms with Gasteiger partial charge < -0.3 is 9.64 Å². The van der Waals surface area contributed by atoms with Gasteiger partial charge in [-0.25, -0.2) is 0 Å². The lowest BCUT2D eigenvalue weighted by molar-refractivity contribution is -0.120. The van der Waals surface area contributed by atoms with Crippen molar-refractivity contribution in [1.29, 1.82) is 0 Å². The van der Waals surface area contributed by atoms with E-state index in [0.717, 1.165) is 9.47 Å². The first-order valence-electron chi connectivity index (χ1n) is 4.27. The highest BCUT2D eigenvalue weighted by molar-refractivity contribution is 8.01. The monoisotopic (exact) mass is 247 g/mol. The van der Waals surface area contributed by atoms with Crippen LogP contribution in [0.2, 0.25) is 0 Å². The predicted molar refractivity (Wildman–Crippen MR) is 61.8 cm³/mol. The lowest BCUT2D eigenvalue weighted by Crippen LogP contribution is -2.08. The second-order valence-corrected chi connectivity index (χ2v) is 5.18. The van der Waals surface area contributed by atoms with Gasteiger partial charge in [0, 0.05) is 21.2 Å². The van der Waals surface area contributed by atoms with E-state index in [0.29, 0.717) is 5.75 Å². The number of nitrogens with zero attached hydrogens (tertiary/aromatic N) is 3. The number of rotatable bonds is 6. The van der Waals surface area contributed by atoms with Crippen LogP contribution in [0, 0.1) is 0 Å². The van der Waals surface area contributed by atoms with Gasteiger partial charge in [-0.05, 0) is 0 Å². The number of Topliss-reactive ketones (excluding diaryl/α,β-unsaturated/α-hetero) is 1. The van der Waals surface area contributed by atoms with Crippen molar-refractivity contribution < 1.29 is 9.53 Å². The third kappa shape index (κ3) is 4.15. The molecule has 0 aliphatic rings. The molecule has 0 bridgehead atoms. The Morgan fingerprint density at radius 2 is 2.27 bits per heavy atom. The first kappa shape index (κ1) is 12.4. The Morgan fingerprint density at radius 3 is 2.80 bits per heavy atom. The summed E-state index contributed by atoms with van der Waals surface area (Å²) in [6.07, 6.45) is 0. The number of carbonyl (C=O) groups excluding carboxylic acids is 1. The van der Waals surface area contributed by atoms with Crippen molar-refractivity contribution in [2.75, 3.05) is 38.5 Å². The van der Waals surface area contributed by atoms with E-state index in [1.165, 1.54) is 30.2 Å². The van der Waals surface area contributed by atoms with Crippen LogP contribution >= 0.6 is 23.1 Å². The Labute approximate surface area is 96.8 Å². The normalized spacial score (nSPS) is 10.3. The van der Waals surface area contributed by atoms with E-state index in [1.807, 2.05) is 19.0 Å². The molecule has 0 saturated carbocycles. The smallest absolute Gasteiger partial charge is 0.208 e. The van der Waals surface area contributed by atoms with E-state index in [-0.39, 0.29) is 12.4 Å². The van der Waals surface area contributed by atoms with Gasteiger partial charge in [0.15, 0.2) is 10.1 Å². The standard InChI is InChI=1S/C8H13N3O2S2/c1-11(2)7-9-10-8(15-7)14-5-6(12)4-13-3/h4-5H2,1-3H3. The third-order valence-electron chi connectivity index (χ3n) is 1.44. The molecule has 5 nitrogen and oxygen atoms in total. The summed E-state index contributed by atoms with van der Waals surface area (Å²) in [7, 11) is 5.33. The maximum Gasteiger partial charge on any atom is 0.208 e. The fraction of sp³-hybridized carbons (Fsp3) is 0.625. The van der Waals surface area contributed by atoms with Gasteiger partial charge >= 0.3 is 0 Å². The Balaban J connectivity index is 2.41. The molecule has 0 aliphatic heterocycles. The Hall–Kier alpha value is -0.660. The van der Waals surface area contributed by atoms with E-state index < -0.39 is 0 Å². The maximum atomic E-state index is 11.2. The molecule has 0 fully saturated rings. The van der Waals surface area contributed by atoms with Gasteiger partial charge in [0.05, 0.1) is 5.75 Å². The van der Waals surface area contributed by atoms with Gasteiger partial charge in [-0.15, -0.1) is 10.2 Å². The van der Waals surface area contributed by atoms with Gasteiger partial charge in [-0.2, -0.15) is 0 Å². The van der Waals surface area contributed by atoms with E-state index in [9.17, 15) is 4.79 Å². The fourth-order valence-corrected chi connectivity index (χ4v) is 2.39. The topological polar surface area (TPSA) is 55.3 Å². The third-order valence-corrected chi connectivity index (χ3v) is 3.72. The SMILES string of the molecule is COCC(=O)CSc1nnc(N(C)C)s1. The molecule has 1 aromatic rings. The average molecular weight is 247 g/mol. The van der Waals surface area contributed by atoms with Crippen molar-refractivity contribution in [1.82, 2.24) is 10.2 Å². The molecule has 0 unspecified atom stereocenters. The second-order valence-electron chi connectivity index (χ2n) is 3.01. The molecule has 1 heterocycles. The number of aromatic nitrogens is 2. The second kappa shape index (κ2) is 6.04. The molecule has 1 rings (SSSR count). The first-order valence-corrected chi connectivity index (χ1v) is 6.08. The molecule has 0 atom stereocenters. The summed E-state index contributed by atoms with van der Waals surface area (Å²) in [6.45, 7) is 0.159. The summed E-state index contributed by atoms with van der Waals surface area (Å²) in [5, 5.41) is 8.78. The highest BCUT2D eigenvalue weighted by Gasteiger charge is 2.08. The quantitative estimate of drug-likeness (QED) is 0.697. The number of ether oxygens (including phenoxy) is 1. The maximum absolute atomic E-state index is 11.2. The van der Waals surface area contributed by atoms with Crippen LogP contribution in [0.5, 0.6) is 0 Å². The minimum atomic E-state index is 0.0594. The Kier molecular flexibility index (Phi) is 5.00. The summed E-state index contributed by atoms with van der Waals surface area (Å²) in [5.41, 5.74) is 0. The van der Waals surface area contributed by atoms with Gasteiger partial charge in [0.2, 0.25) is 5.13 Å². The van der Waals surface area contributed by atoms with Crippen LogP contribution in [-0.4, -0.2) is 49.5 Å². The number of methoxy groups -OCH3 is 1. The van der Waals surface area contributed by atoms with Gasteiger partial charge in [-0.1, -0.05) is 23.1 Å². The van der Waals surface area contributed by atoms with Crippen molar-refractivity contribution in [2.24, 2.45) is 0 Å². The Morgan fingerprint density at radius 1 is 1.53 bits per heavy atom. The van der Waals surface area contributed by atoms with Crippen LogP contribution in [0.15, 0.2) is 4.34 Å². The summed E-state index contributed by atoms with van der Waals surface area (Å²) in [5.74, 6) is 0.444. The Bertz CT molecular complexity index is 327. The van der Waals surface area contributed by atoms with Crippen LogP contribution in [-0.2, 0) is 9.53 Å². The van der Waals surface area contributed by atoms with Crippen LogP contribution < -0.4 is 4.90 Å². The molecule has 0 radical (unpaired) electrons. The molecular weight excluding hydrogens is 234 g/mol. The van der Waals surface area contributed by atoms with Gasteiger partial charge in [0.1, 0.15) is 6.61 Å². The van der Waals surface area contributed by atoms with Crippen LogP contribution in [0.4, 0.5) is 5.13 Å². The fourth-order valence-electron chi connectivity index (χ4n) is 0.786. The molecule has 7 heteroatoms. The van der Waals surface area contributed by atoms with Crippen molar-refractivity contribution in [3.63, 3.8) is 0 Å². The van der Waals surface area contributed by atoms with E-state index in [1.54, 1.807) is 0 Å². The molecular formula is C8H13N3O2S2. The molecule has 0 spiro atoms. The van der Waals surface area contributed by atoms with Crippen molar-refractivity contribution in [3.8, 4) is 0 Å². The zero-order chi connectivity index (χ0) is 11.3. The molecule has 0 N–H and O–H groups in total. The first-order chi connectivity index (χ1) is 7.13. The van der Waals surface area contributed by atoms with Crippen LogP contribution in [0.3, 0.4) is 0 Å². The zero-order valence-corrected chi connectivity index (χ0v) is 10.5. The number of carbonyl (C=O) groups is 1. The highest BCUT2D eigenvalue weighted by Crippen LogP contribution is 2.26. The predicted octanol–water partition coefficient (Wildman–Crippen LogP) is 0.912. The molecule has 0 aromatic carbocycles. The van der Waals surface area contributed by atoms with Crippen LogP contribution in [0.1, 0.15) is 0 Å². The highest BCUT2D eigenvalue weighted by atomic mass is 32.2. The summed E-state index contributed by atoms with van der Waals surface area (Å²) in [4.78, 5) is 13.0. The minimum absolute atomic E-state index is 0.0594. The largest absolute Gasteiger partial charge is 0.377 e. The molecule has 0 saturated heterocycles. The lowest BCUT2D eigenvalue weighted by atomic mass is 10.5. The van der Waals surface area contributed by atoms with Gasteiger partial charge in [0.25, 0.3) is 0 Å². The van der Waals surface area contributed by atoms with E-state index in [4.69, 9.17) is 4.74 Å². The number of ketones is 1. The molecule has 15 heavy (non-hydrogen) atoms. The number of anilines is 1. The number of hydrogen-bond acceptors (Lipinski definition) is 7. The molecule has 0 amide bonds. The number of hydrogen-bond donors (Lipinski definition) is 0. The van der Waals surface area contributed by atoms with E-state index >= 15 is 0 Å². The minimum Gasteiger partial charge on any atom is -0.377 e. The van der Waals surface area contributed by atoms with Crippen molar-refractivity contribution >= 4 is 34.0 Å². The summed E-state index contributed by atoms with van der Waals surface area (Å²) >= 11 is 2.87. The van der Waals surface area contributed by atoms with Crippen molar-refractivity contribution in [3.05, 3.63) is 0 Å². The zero-order valence-electron chi connectivity index (χ0n) is 8.89. The lowest BCUT2D eigenvalue weighted by Gasteiger charge is -2.03. The molecule has 84 valence electrons. The molecule has 0 aliphatic carbocycles. The van der Waals surface area contributed by atoms with Gasteiger partial charge in [-0.3, -0.25) is 4.79 Å². The average Bonchev–Trinajstić information content (AvgIpc) is 2.63.